The molecule has 0 heterocycles. The molecular formula is C12H14N2O4. The lowest BCUT2D eigenvalue weighted by molar-refractivity contribution is -0.385. The molecule has 0 unspecified atom stereocenters. The maximum absolute atomic E-state index is 11.0. The highest BCUT2D eigenvalue weighted by Gasteiger charge is 2.38. The molecule has 1 aromatic carbocycles. The predicted molar refractivity (Wildman–Crippen MR) is 66.1 cm³/mol. The van der Waals surface area contributed by atoms with Gasteiger partial charge in [0.1, 0.15) is 0 Å². The summed E-state index contributed by atoms with van der Waals surface area (Å²) in [7, 11) is 0. The molecule has 1 saturated carbocycles. The maximum Gasteiger partial charge on any atom is 0.336 e. The summed E-state index contributed by atoms with van der Waals surface area (Å²) in [5.41, 5.74) is 0.705. The molecule has 0 saturated heterocycles. The second-order valence-electron chi connectivity index (χ2n) is 4.92. The minimum atomic E-state index is -1.16. The average molecular weight is 250 g/mol. The third-order valence-electron chi connectivity index (χ3n) is 3.26. The second-order valence-corrected chi connectivity index (χ2v) is 4.92. The molecule has 96 valence electrons. The minimum Gasteiger partial charge on any atom is -0.478 e. The molecule has 0 spiro atoms. The summed E-state index contributed by atoms with van der Waals surface area (Å²) in [5.74, 6) is -1.16. The largest absolute Gasteiger partial charge is 0.478 e. The summed E-state index contributed by atoms with van der Waals surface area (Å²) in [6.07, 6.45) is 1.97. The van der Waals surface area contributed by atoms with Gasteiger partial charge in [-0.2, -0.15) is 0 Å². The van der Waals surface area contributed by atoms with Gasteiger partial charge in [-0.1, -0.05) is 0 Å². The number of hydrogen-bond acceptors (Lipinski definition) is 4. The molecule has 0 aliphatic heterocycles. The number of nitro benzene ring substituents is 1. The number of rotatable bonds is 4. The lowest BCUT2D eigenvalue weighted by Gasteiger charge is -2.16. The summed E-state index contributed by atoms with van der Waals surface area (Å²) in [5, 5.41) is 23.1. The van der Waals surface area contributed by atoms with Gasteiger partial charge in [-0.3, -0.25) is 10.1 Å². The zero-order valence-electron chi connectivity index (χ0n) is 10.2. The Kier molecular flexibility index (Phi) is 2.73. The fraction of sp³-hybridized carbons (Fsp3) is 0.417. The quantitative estimate of drug-likeness (QED) is 0.632. The van der Waals surface area contributed by atoms with E-state index < -0.39 is 10.9 Å². The Balaban J connectivity index is 2.49. The van der Waals surface area contributed by atoms with Crippen molar-refractivity contribution < 1.29 is 14.8 Å². The Morgan fingerprint density at radius 1 is 1.50 bits per heavy atom. The van der Waals surface area contributed by atoms with E-state index in [1.54, 1.807) is 6.92 Å². The molecule has 2 rings (SSSR count). The van der Waals surface area contributed by atoms with Gasteiger partial charge in [0.05, 0.1) is 10.5 Å². The maximum atomic E-state index is 11.0. The fourth-order valence-electron chi connectivity index (χ4n) is 1.78. The van der Waals surface area contributed by atoms with E-state index in [4.69, 9.17) is 5.11 Å². The minimum absolute atomic E-state index is 0.0598. The first kappa shape index (κ1) is 12.3. The van der Waals surface area contributed by atoms with Gasteiger partial charge in [0, 0.05) is 22.9 Å². The number of nitrogens with one attached hydrogen (secondary N) is 1. The number of nitrogens with zero attached hydrogens (tertiary/aromatic N) is 1. The molecule has 6 heteroatoms. The van der Waals surface area contributed by atoms with Crippen LogP contribution in [0.3, 0.4) is 0 Å². The fourth-order valence-corrected chi connectivity index (χ4v) is 1.78. The smallest absolute Gasteiger partial charge is 0.336 e. The molecule has 18 heavy (non-hydrogen) atoms. The van der Waals surface area contributed by atoms with Crippen LogP contribution in [0, 0.1) is 17.0 Å². The van der Waals surface area contributed by atoms with Crippen LogP contribution in [0.4, 0.5) is 11.4 Å². The van der Waals surface area contributed by atoms with Crippen molar-refractivity contribution in [2.75, 3.05) is 5.32 Å². The average Bonchev–Trinajstić information content (AvgIpc) is 2.98. The van der Waals surface area contributed by atoms with Crippen molar-refractivity contribution in [3.8, 4) is 0 Å². The van der Waals surface area contributed by atoms with Crippen LogP contribution in [-0.4, -0.2) is 21.5 Å². The normalized spacial score (nSPS) is 16.1. The van der Waals surface area contributed by atoms with Gasteiger partial charge in [-0.15, -0.1) is 0 Å². The van der Waals surface area contributed by atoms with Gasteiger partial charge in [-0.25, -0.2) is 4.79 Å². The number of aromatic carboxylic acids is 1. The number of hydrogen-bond donors (Lipinski definition) is 2. The van der Waals surface area contributed by atoms with E-state index in [9.17, 15) is 14.9 Å². The number of nitro groups is 1. The molecule has 0 radical (unpaired) electrons. The van der Waals surface area contributed by atoms with Crippen molar-refractivity contribution in [2.24, 2.45) is 0 Å². The first-order valence-corrected chi connectivity index (χ1v) is 5.63. The van der Waals surface area contributed by atoms with Crippen LogP contribution in [0.1, 0.15) is 35.7 Å². The SMILES string of the molecule is Cc1c(NC2(C)CC2)cc(C(=O)O)cc1[N+](=O)[O-]. The van der Waals surface area contributed by atoms with Crippen LogP contribution in [0.15, 0.2) is 12.1 Å². The van der Waals surface area contributed by atoms with E-state index in [0.717, 1.165) is 18.9 Å². The van der Waals surface area contributed by atoms with E-state index in [1.807, 2.05) is 6.92 Å². The molecule has 1 aliphatic carbocycles. The first-order chi connectivity index (χ1) is 8.32. The van der Waals surface area contributed by atoms with Crippen LogP contribution >= 0.6 is 0 Å². The number of benzene rings is 1. The number of carboxylic acids is 1. The molecule has 0 atom stereocenters. The van der Waals surface area contributed by atoms with E-state index in [-0.39, 0.29) is 16.8 Å². The summed E-state index contributed by atoms with van der Waals surface area (Å²) in [4.78, 5) is 21.3. The monoisotopic (exact) mass is 250 g/mol. The highest BCUT2D eigenvalue weighted by atomic mass is 16.6. The Morgan fingerprint density at radius 2 is 2.11 bits per heavy atom. The van der Waals surface area contributed by atoms with Crippen molar-refractivity contribution in [3.05, 3.63) is 33.4 Å². The van der Waals surface area contributed by atoms with Crippen molar-refractivity contribution in [3.63, 3.8) is 0 Å². The molecule has 0 aromatic heterocycles. The zero-order chi connectivity index (χ0) is 13.5. The van der Waals surface area contributed by atoms with Crippen LogP contribution in [0.25, 0.3) is 0 Å². The Bertz CT molecular complexity index is 535. The third kappa shape index (κ3) is 2.27. The van der Waals surface area contributed by atoms with Gasteiger partial charge >= 0.3 is 5.97 Å². The van der Waals surface area contributed by atoms with Gasteiger partial charge < -0.3 is 10.4 Å². The van der Waals surface area contributed by atoms with Gasteiger partial charge in [0.15, 0.2) is 0 Å². The lowest BCUT2D eigenvalue weighted by atomic mass is 10.1. The summed E-state index contributed by atoms with van der Waals surface area (Å²) < 4.78 is 0. The van der Waals surface area contributed by atoms with E-state index >= 15 is 0 Å². The topological polar surface area (TPSA) is 92.5 Å². The highest BCUT2D eigenvalue weighted by molar-refractivity contribution is 5.90. The van der Waals surface area contributed by atoms with Crippen LogP contribution in [-0.2, 0) is 0 Å². The molecule has 1 fully saturated rings. The predicted octanol–water partition coefficient (Wildman–Crippen LogP) is 2.57. The van der Waals surface area contributed by atoms with Crippen LogP contribution in [0.5, 0.6) is 0 Å². The Hall–Kier alpha value is -2.11. The summed E-state index contributed by atoms with van der Waals surface area (Å²) in [6, 6.07) is 2.55. The van der Waals surface area contributed by atoms with E-state index in [1.165, 1.54) is 6.07 Å². The molecule has 6 nitrogen and oxygen atoms in total. The standard InChI is InChI=1S/C12H14N2O4/c1-7-9(13-12(2)3-4-12)5-8(11(15)16)6-10(7)14(17)18/h5-6,13H,3-4H2,1-2H3,(H,15,16). The lowest BCUT2D eigenvalue weighted by Crippen LogP contribution is -2.17. The molecule has 2 N–H and O–H groups in total. The van der Waals surface area contributed by atoms with Crippen LogP contribution in [0.2, 0.25) is 0 Å². The van der Waals surface area contributed by atoms with Crippen LogP contribution < -0.4 is 5.32 Å². The second kappa shape index (κ2) is 3.97. The summed E-state index contributed by atoms with van der Waals surface area (Å²) in [6.45, 7) is 3.63. The number of carboxylic acid groups (broad SMARTS) is 1. The van der Waals surface area contributed by atoms with E-state index in [0.29, 0.717) is 11.3 Å². The van der Waals surface area contributed by atoms with Crippen molar-refractivity contribution in [2.45, 2.75) is 32.2 Å². The molecule has 1 aromatic rings. The van der Waals surface area contributed by atoms with Gasteiger partial charge in [0.25, 0.3) is 5.69 Å². The third-order valence-corrected chi connectivity index (χ3v) is 3.26. The Morgan fingerprint density at radius 3 is 2.56 bits per heavy atom. The number of carbonyl (C=O) groups is 1. The molecule has 0 amide bonds. The Labute approximate surface area is 104 Å². The molecule has 0 bridgehead atoms. The zero-order valence-corrected chi connectivity index (χ0v) is 10.2. The van der Waals surface area contributed by atoms with Crippen molar-refractivity contribution in [1.29, 1.82) is 0 Å². The molecule has 1 aliphatic rings. The van der Waals surface area contributed by atoms with Crippen molar-refractivity contribution in [1.82, 2.24) is 0 Å². The number of anilines is 1. The van der Waals surface area contributed by atoms with E-state index in [2.05, 4.69) is 5.32 Å². The highest BCUT2D eigenvalue weighted by Crippen LogP contribution is 2.40. The van der Waals surface area contributed by atoms with Gasteiger partial charge in [-0.05, 0) is 32.8 Å². The molecular weight excluding hydrogens is 236 g/mol. The van der Waals surface area contributed by atoms with Crippen molar-refractivity contribution >= 4 is 17.3 Å². The van der Waals surface area contributed by atoms with Gasteiger partial charge in [0.2, 0.25) is 0 Å². The first-order valence-electron chi connectivity index (χ1n) is 5.63. The summed E-state index contributed by atoms with van der Waals surface area (Å²) >= 11 is 0.